The molecule has 0 bridgehead atoms. The Balaban J connectivity index is 1.23. The fourth-order valence-electron chi connectivity index (χ4n) is 6.02. The zero-order valence-corrected chi connectivity index (χ0v) is 22.6. The van der Waals surface area contributed by atoms with Crippen LogP contribution in [0.2, 0.25) is 0 Å². The predicted molar refractivity (Wildman–Crippen MR) is 149 cm³/mol. The highest BCUT2D eigenvalue weighted by molar-refractivity contribution is 8.04. The Hall–Kier alpha value is -2.73. The van der Waals surface area contributed by atoms with Crippen molar-refractivity contribution in [3.63, 3.8) is 0 Å². The Labute approximate surface area is 219 Å². The van der Waals surface area contributed by atoms with Crippen LogP contribution < -0.4 is 4.90 Å². The van der Waals surface area contributed by atoms with Crippen LogP contribution >= 0.6 is 11.8 Å². The predicted octanol–water partition coefficient (Wildman–Crippen LogP) is 5.12. The summed E-state index contributed by atoms with van der Waals surface area (Å²) in [6, 6.07) is 17.2. The van der Waals surface area contributed by atoms with Gasteiger partial charge in [-0.2, -0.15) is 0 Å². The minimum atomic E-state index is 0.00159. The summed E-state index contributed by atoms with van der Waals surface area (Å²) in [7, 11) is 1.92. The van der Waals surface area contributed by atoms with E-state index in [9.17, 15) is 9.59 Å². The lowest BCUT2D eigenvalue weighted by atomic mass is 9.83. The van der Waals surface area contributed by atoms with Crippen molar-refractivity contribution in [1.82, 2.24) is 9.80 Å². The van der Waals surface area contributed by atoms with Crippen LogP contribution in [-0.4, -0.2) is 65.6 Å². The van der Waals surface area contributed by atoms with Gasteiger partial charge in [0.05, 0.1) is 4.91 Å². The van der Waals surface area contributed by atoms with Crippen LogP contribution in [0.5, 0.6) is 0 Å². The third-order valence-corrected chi connectivity index (χ3v) is 9.56. The fourth-order valence-corrected chi connectivity index (χ4v) is 7.49. The molecule has 2 heterocycles. The lowest BCUT2D eigenvalue weighted by Gasteiger charge is -2.46. The van der Waals surface area contributed by atoms with Gasteiger partial charge in [-0.1, -0.05) is 36.4 Å². The fraction of sp³-hybridized carbons (Fsp3) is 0.467. The molecule has 0 N–H and O–H groups in total. The number of amides is 2. The van der Waals surface area contributed by atoms with Crippen LogP contribution in [0.3, 0.4) is 0 Å². The third kappa shape index (κ3) is 4.93. The molecule has 1 aliphatic carbocycles. The minimum Gasteiger partial charge on any atom is -0.365 e. The van der Waals surface area contributed by atoms with Crippen molar-refractivity contribution < 1.29 is 9.59 Å². The summed E-state index contributed by atoms with van der Waals surface area (Å²) < 4.78 is 0. The van der Waals surface area contributed by atoms with E-state index in [0.717, 1.165) is 49.4 Å². The molecule has 6 heteroatoms. The number of aryl methyl sites for hydroxylation is 2. The summed E-state index contributed by atoms with van der Waals surface area (Å²) in [5, 5.41) is 0.351. The summed E-state index contributed by atoms with van der Waals surface area (Å²) in [6.07, 6.45) is 4.68. The zero-order valence-electron chi connectivity index (χ0n) is 21.8. The average molecular weight is 504 g/mol. The highest BCUT2D eigenvalue weighted by atomic mass is 32.2. The molecule has 0 radical (unpaired) electrons. The Morgan fingerprint density at radius 3 is 2.61 bits per heavy atom. The molecule has 190 valence electrons. The van der Waals surface area contributed by atoms with E-state index in [1.807, 2.05) is 30.2 Å². The highest BCUT2D eigenvalue weighted by Gasteiger charge is 2.44. The number of hydrogen-bond donors (Lipinski definition) is 0. The molecule has 1 saturated carbocycles. The van der Waals surface area contributed by atoms with E-state index in [1.165, 1.54) is 16.8 Å². The topological polar surface area (TPSA) is 43.9 Å². The first-order valence-corrected chi connectivity index (χ1v) is 14.0. The molecular weight excluding hydrogens is 466 g/mol. The highest BCUT2D eigenvalue weighted by Crippen LogP contribution is 2.43. The molecule has 3 fully saturated rings. The normalized spacial score (nSPS) is 27.8. The van der Waals surface area contributed by atoms with Gasteiger partial charge in [-0.3, -0.25) is 9.59 Å². The van der Waals surface area contributed by atoms with Crippen LogP contribution in [0.15, 0.2) is 53.4 Å². The number of benzene rings is 2. The maximum absolute atomic E-state index is 13.6. The number of hydrogen-bond acceptors (Lipinski definition) is 4. The van der Waals surface area contributed by atoms with Gasteiger partial charge in [0.1, 0.15) is 0 Å². The molecule has 0 aromatic heterocycles. The first-order valence-electron chi connectivity index (χ1n) is 13.1. The molecule has 4 unspecified atom stereocenters. The number of likely N-dealkylation sites (N-methyl/N-ethyl adjacent to an activating group) is 1. The summed E-state index contributed by atoms with van der Waals surface area (Å²) in [4.78, 5) is 34.0. The Bertz CT molecular complexity index is 1180. The number of carbonyl (C=O) groups excluding carboxylic acids is 2. The van der Waals surface area contributed by atoms with E-state index in [1.54, 1.807) is 11.8 Å². The van der Waals surface area contributed by atoms with Gasteiger partial charge in [-0.25, -0.2) is 0 Å². The van der Waals surface area contributed by atoms with Gasteiger partial charge in [0.15, 0.2) is 0 Å². The van der Waals surface area contributed by atoms with Gasteiger partial charge in [-0.15, -0.1) is 11.8 Å². The van der Waals surface area contributed by atoms with Crippen molar-refractivity contribution in [2.24, 2.45) is 5.92 Å². The molecule has 2 amide bonds. The quantitative estimate of drug-likeness (QED) is 0.545. The van der Waals surface area contributed by atoms with E-state index in [4.69, 9.17) is 0 Å². The first-order chi connectivity index (χ1) is 17.3. The van der Waals surface area contributed by atoms with Crippen LogP contribution in [0, 0.1) is 19.8 Å². The van der Waals surface area contributed by atoms with Crippen molar-refractivity contribution in [1.29, 1.82) is 0 Å². The second-order valence-corrected chi connectivity index (χ2v) is 12.0. The largest absolute Gasteiger partial charge is 0.365 e. The molecule has 5 nitrogen and oxygen atoms in total. The number of anilines is 1. The first kappa shape index (κ1) is 24.9. The molecule has 4 atom stereocenters. The van der Waals surface area contributed by atoms with Crippen LogP contribution in [0.25, 0.3) is 6.08 Å². The minimum absolute atomic E-state index is 0.00159. The number of nitrogens with zero attached hydrogens (tertiary/aromatic N) is 3. The van der Waals surface area contributed by atoms with E-state index in [2.05, 4.69) is 67.0 Å². The van der Waals surface area contributed by atoms with Crippen LogP contribution in [0.4, 0.5) is 5.69 Å². The van der Waals surface area contributed by atoms with E-state index < -0.39 is 0 Å². The SMILES string of the molecule is Cc1cccc(N2CCN(C(=O)C3CCC4S/C(=C\c5ccccc5C)C(=O)N(C)C4C3)CC2C)c1. The smallest absolute Gasteiger partial charge is 0.260 e. The second-order valence-electron chi connectivity index (χ2n) is 10.7. The second kappa shape index (κ2) is 10.3. The summed E-state index contributed by atoms with van der Waals surface area (Å²) >= 11 is 1.72. The summed E-state index contributed by atoms with van der Waals surface area (Å²) in [5.41, 5.74) is 4.78. The molecule has 36 heavy (non-hydrogen) atoms. The molecular formula is C30H37N3O2S. The molecule has 3 aliphatic rings. The molecule has 2 saturated heterocycles. The van der Waals surface area contributed by atoms with E-state index >= 15 is 0 Å². The van der Waals surface area contributed by atoms with Crippen molar-refractivity contribution in [3.05, 3.63) is 70.1 Å². The van der Waals surface area contributed by atoms with Gasteiger partial charge >= 0.3 is 0 Å². The lowest BCUT2D eigenvalue weighted by molar-refractivity contribution is -0.139. The van der Waals surface area contributed by atoms with Crippen molar-refractivity contribution >= 4 is 35.3 Å². The van der Waals surface area contributed by atoms with Gasteiger partial charge in [0.25, 0.3) is 5.91 Å². The van der Waals surface area contributed by atoms with Crippen molar-refractivity contribution in [2.45, 2.75) is 57.4 Å². The van der Waals surface area contributed by atoms with Crippen LogP contribution in [-0.2, 0) is 9.59 Å². The molecule has 2 aliphatic heterocycles. The number of fused-ring (bicyclic) bond motifs is 1. The summed E-state index contributed by atoms with van der Waals surface area (Å²) in [5.74, 6) is 0.357. The number of rotatable bonds is 3. The maximum atomic E-state index is 13.6. The zero-order chi connectivity index (χ0) is 25.4. The molecule has 5 rings (SSSR count). The monoisotopic (exact) mass is 503 g/mol. The Morgan fingerprint density at radius 2 is 1.86 bits per heavy atom. The van der Waals surface area contributed by atoms with Gasteiger partial charge in [0.2, 0.25) is 5.91 Å². The standard InChI is InChI=1S/C30H37N3O2S/c1-20-8-7-11-25(16-20)33-15-14-32(19-22(33)3)29(34)24-12-13-27-26(17-24)31(4)30(35)28(36-27)18-23-10-6-5-9-21(23)2/h5-11,16,18,22,24,26-27H,12-15,17,19H2,1-4H3/b28-18-. The Morgan fingerprint density at radius 1 is 1.06 bits per heavy atom. The van der Waals surface area contributed by atoms with Crippen molar-refractivity contribution in [3.8, 4) is 0 Å². The molecule has 2 aromatic carbocycles. The van der Waals surface area contributed by atoms with Crippen molar-refractivity contribution in [2.75, 3.05) is 31.6 Å². The van der Waals surface area contributed by atoms with Gasteiger partial charge in [0, 0.05) is 55.6 Å². The number of carbonyl (C=O) groups is 2. The van der Waals surface area contributed by atoms with E-state index in [0.29, 0.717) is 5.25 Å². The summed E-state index contributed by atoms with van der Waals surface area (Å²) in [6.45, 7) is 8.78. The molecule has 2 aromatic rings. The lowest BCUT2D eigenvalue weighted by Crippen LogP contribution is -2.57. The van der Waals surface area contributed by atoms with Crippen LogP contribution in [0.1, 0.15) is 42.9 Å². The average Bonchev–Trinajstić information content (AvgIpc) is 2.87. The third-order valence-electron chi connectivity index (χ3n) is 8.16. The van der Waals surface area contributed by atoms with E-state index in [-0.39, 0.29) is 29.8 Å². The number of piperazine rings is 1. The maximum Gasteiger partial charge on any atom is 0.260 e. The number of thioether (sulfide) groups is 1. The van der Waals surface area contributed by atoms with Gasteiger partial charge in [-0.05, 0) is 74.9 Å². The molecule has 0 spiro atoms. The Kier molecular flexibility index (Phi) is 7.16. The van der Waals surface area contributed by atoms with Gasteiger partial charge < -0.3 is 14.7 Å².